The number of rotatable bonds is 5. The van der Waals surface area contributed by atoms with Crippen LogP contribution in [0.2, 0.25) is 0 Å². The van der Waals surface area contributed by atoms with Gasteiger partial charge in [-0.1, -0.05) is 0 Å². The van der Waals surface area contributed by atoms with Crippen molar-refractivity contribution in [1.29, 1.82) is 0 Å². The van der Waals surface area contributed by atoms with Crippen molar-refractivity contribution in [3.8, 4) is 0 Å². The minimum Gasteiger partial charge on any atom is -0.462 e. The summed E-state index contributed by atoms with van der Waals surface area (Å²) < 4.78 is 10.5. The van der Waals surface area contributed by atoms with Gasteiger partial charge in [0.15, 0.2) is 0 Å². The van der Waals surface area contributed by atoms with Crippen LogP contribution in [-0.4, -0.2) is 91.8 Å². The van der Waals surface area contributed by atoms with Crippen molar-refractivity contribution in [2.45, 2.75) is 26.4 Å². The van der Waals surface area contributed by atoms with Crippen LogP contribution in [0.5, 0.6) is 0 Å². The van der Waals surface area contributed by atoms with E-state index in [0.717, 1.165) is 38.4 Å². The smallest absolute Gasteiger partial charge is 0.339 e. The van der Waals surface area contributed by atoms with Crippen LogP contribution >= 0.6 is 0 Å². The maximum atomic E-state index is 12.6. The minimum absolute atomic E-state index is 0.112. The third-order valence-electron chi connectivity index (χ3n) is 5.12. The molecule has 0 saturated carbocycles. The van der Waals surface area contributed by atoms with E-state index in [1.165, 1.54) is 0 Å². The number of carbonyl (C=O) groups is 2. The number of hydrogen-bond donors (Lipinski definition) is 0. The van der Waals surface area contributed by atoms with E-state index in [2.05, 4.69) is 14.8 Å². The van der Waals surface area contributed by atoms with E-state index in [4.69, 9.17) is 9.47 Å². The summed E-state index contributed by atoms with van der Waals surface area (Å²) in [5, 5.41) is 0. The molecule has 2 fully saturated rings. The molecule has 154 valence electrons. The third-order valence-corrected chi connectivity index (χ3v) is 5.12. The molecule has 1 unspecified atom stereocenters. The van der Waals surface area contributed by atoms with Crippen molar-refractivity contribution >= 4 is 17.7 Å². The molecule has 0 spiro atoms. The molecule has 2 aliphatic rings. The summed E-state index contributed by atoms with van der Waals surface area (Å²) in [5.41, 5.74) is 0.465. The van der Waals surface area contributed by atoms with Gasteiger partial charge in [-0.3, -0.25) is 9.69 Å². The van der Waals surface area contributed by atoms with Crippen LogP contribution in [0.1, 0.15) is 30.6 Å². The number of amides is 1. The van der Waals surface area contributed by atoms with Gasteiger partial charge in [0.2, 0.25) is 5.91 Å². The normalized spacial score (nSPS) is 21.3. The van der Waals surface area contributed by atoms with Gasteiger partial charge in [-0.15, -0.1) is 0 Å². The van der Waals surface area contributed by atoms with Gasteiger partial charge < -0.3 is 19.3 Å². The quantitative estimate of drug-likeness (QED) is 0.695. The molecule has 0 N–H and O–H groups in total. The highest BCUT2D eigenvalue weighted by Gasteiger charge is 2.24. The van der Waals surface area contributed by atoms with Crippen LogP contribution in [0.15, 0.2) is 18.3 Å². The maximum absolute atomic E-state index is 12.6. The SMILES string of the molecule is CCOC(=O)c1ccc(N2CCCN(CC(=O)N3CCOC(C)C3)CC2)nc1. The molecule has 8 heteroatoms. The van der Waals surface area contributed by atoms with Gasteiger partial charge in [0.1, 0.15) is 5.82 Å². The molecule has 1 atom stereocenters. The Kier molecular flexibility index (Phi) is 7.22. The van der Waals surface area contributed by atoms with Crippen molar-refractivity contribution in [3.05, 3.63) is 23.9 Å². The molecule has 28 heavy (non-hydrogen) atoms. The van der Waals surface area contributed by atoms with Crippen molar-refractivity contribution in [3.63, 3.8) is 0 Å². The fourth-order valence-corrected chi connectivity index (χ4v) is 3.60. The number of hydrogen-bond acceptors (Lipinski definition) is 7. The molecule has 3 rings (SSSR count). The van der Waals surface area contributed by atoms with E-state index in [-0.39, 0.29) is 18.0 Å². The molecular formula is C20H30N4O4. The van der Waals surface area contributed by atoms with Gasteiger partial charge in [0.05, 0.1) is 31.4 Å². The number of pyridine rings is 1. The lowest BCUT2D eigenvalue weighted by atomic mass is 10.2. The topological polar surface area (TPSA) is 75.2 Å². The highest BCUT2D eigenvalue weighted by atomic mass is 16.5. The van der Waals surface area contributed by atoms with Crippen LogP contribution in [0, 0.1) is 0 Å². The van der Waals surface area contributed by atoms with E-state index in [0.29, 0.717) is 38.4 Å². The average Bonchev–Trinajstić information content (AvgIpc) is 2.94. The Bertz CT molecular complexity index is 667. The monoisotopic (exact) mass is 390 g/mol. The zero-order valence-corrected chi connectivity index (χ0v) is 16.8. The first-order valence-electron chi connectivity index (χ1n) is 10.1. The molecule has 1 aromatic rings. The molecule has 2 saturated heterocycles. The standard InChI is InChI=1S/C20H30N4O4/c1-3-27-20(26)17-5-6-18(21-13-17)23-8-4-7-22(9-10-23)15-19(25)24-11-12-28-16(2)14-24/h5-6,13,16H,3-4,7-12,14-15H2,1-2H3. The first kappa shape index (κ1) is 20.5. The van der Waals surface area contributed by atoms with Gasteiger partial charge in [-0.05, 0) is 32.4 Å². The summed E-state index contributed by atoms with van der Waals surface area (Å²) in [4.78, 5) is 35.1. The molecule has 2 aliphatic heterocycles. The number of morpholine rings is 1. The largest absolute Gasteiger partial charge is 0.462 e. The number of ether oxygens (including phenoxy) is 2. The molecular weight excluding hydrogens is 360 g/mol. The molecule has 3 heterocycles. The average molecular weight is 390 g/mol. The predicted octanol–water partition coefficient (Wildman–Crippen LogP) is 1.02. The highest BCUT2D eigenvalue weighted by molar-refractivity contribution is 5.89. The van der Waals surface area contributed by atoms with E-state index in [1.807, 2.05) is 17.9 Å². The Morgan fingerprint density at radius 3 is 2.79 bits per heavy atom. The van der Waals surface area contributed by atoms with Gasteiger partial charge in [0.25, 0.3) is 0 Å². The Morgan fingerprint density at radius 2 is 2.07 bits per heavy atom. The number of esters is 1. The van der Waals surface area contributed by atoms with Gasteiger partial charge >= 0.3 is 5.97 Å². The molecule has 0 aromatic carbocycles. The zero-order valence-electron chi connectivity index (χ0n) is 16.8. The molecule has 0 radical (unpaired) electrons. The Morgan fingerprint density at radius 1 is 1.21 bits per heavy atom. The van der Waals surface area contributed by atoms with Crippen molar-refractivity contribution < 1.29 is 19.1 Å². The first-order valence-corrected chi connectivity index (χ1v) is 10.1. The van der Waals surface area contributed by atoms with Gasteiger partial charge in [-0.25, -0.2) is 9.78 Å². The second-order valence-electron chi connectivity index (χ2n) is 7.26. The van der Waals surface area contributed by atoms with E-state index in [1.54, 1.807) is 19.2 Å². The fourth-order valence-electron chi connectivity index (χ4n) is 3.60. The lowest BCUT2D eigenvalue weighted by Crippen LogP contribution is -2.48. The zero-order chi connectivity index (χ0) is 19.9. The molecule has 0 bridgehead atoms. The number of aromatic nitrogens is 1. The van der Waals surface area contributed by atoms with Crippen LogP contribution < -0.4 is 4.90 Å². The second-order valence-corrected chi connectivity index (χ2v) is 7.26. The predicted molar refractivity (Wildman–Crippen MR) is 105 cm³/mol. The summed E-state index contributed by atoms with van der Waals surface area (Å²) in [7, 11) is 0. The lowest BCUT2D eigenvalue weighted by Gasteiger charge is -2.32. The molecule has 1 aromatic heterocycles. The Hall–Kier alpha value is -2.19. The minimum atomic E-state index is -0.348. The van der Waals surface area contributed by atoms with Gasteiger partial charge in [-0.2, -0.15) is 0 Å². The van der Waals surface area contributed by atoms with Crippen LogP contribution in [0.25, 0.3) is 0 Å². The summed E-state index contributed by atoms with van der Waals surface area (Å²) in [6.45, 7) is 9.96. The fraction of sp³-hybridized carbons (Fsp3) is 0.650. The van der Waals surface area contributed by atoms with Crippen LogP contribution in [0.3, 0.4) is 0 Å². The number of carbonyl (C=O) groups excluding carboxylic acids is 2. The van der Waals surface area contributed by atoms with Crippen molar-refractivity contribution in [2.75, 3.05) is 63.9 Å². The van der Waals surface area contributed by atoms with Crippen molar-refractivity contribution in [1.82, 2.24) is 14.8 Å². The van der Waals surface area contributed by atoms with Gasteiger partial charge in [0, 0.05) is 45.5 Å². The lowest BCUT2D eigenvalue weighted by molar-refractivity contribution is -0.139. The Balaban J connectivity index is 1.51. The summed E-state index contributed by atoms with van der Waals surface area (Å²) in [5.74, 6) is 0.684. The van der Waals surface area contributed by atoms with Crippen molar-refractivity contribution in [2.24, 2.45) is 0 Å². The molecule has 8 nitrogen and oxygen atoms in total. The van der Waals surface area contributed by atoms with Crippen LogP contribution in [0.4, 0.5) is 5.82 Å². The number of nitrogens with zero attached hydrogens (tertiary/aromatic N) is 4. The third kappa shape index (κ3) is 5.42. The first-order chi connectivity index (χ1) is 13.6. The van der Waals surface area contributed by atoms with E-state index >= 15 is 0 Å². The summed E-state index contributed by atoms with van der Waals surface area (Å²) in [6.07, 6.45) is 2.65. The second kappa shape index (κ2) is 9.84. The highest BCUT2D eigenvalue weighted by Crippen LogP contribution is 2.15. The van der Waals surface area contributed by atoms with E-state index in [9.17, 15) is 9.59 Å². The van der Waals surface area contributed by atoms with E-state index < -0.39 is 0 Å². The number of anilines is 1. The van der Waals surface area contributed by atoms with Crippen LogP contribution in [-0.2, 0) is 14.3 Å². The Labute approximate surface area is 166 Å². The molecule has 0 aliphatic carbocycles. The summed E-state index contributed by atoms with van der Waals surface area (Å²) >= 11 is 0. The summed E-state index contributed by atoms with van der Waals surface area (Å²) in [6, 6.07) is 3.62. The maximum Gasteiger partial charge on any atom is 0.339 e. The molecule has 1 amide bonds.